The Morgan fingerprint density at radius 1 is 1.57 bits per heavy atom. The van der Waals surface area contributed by atoms with Crippen LogP contribution in [-0.4, -0.2) is 31.4 Å². The number of primary sulfonamides is 1. The average Bonchev–Trinajstić information content (AvgIpc) is 2.95. The van der Waals surface area contributed by atoms with Gasteiger partial charge in [0.05, 0.1) is 6.54 Å². The first kappa shape index (κ1) is 15.9. The smallest absolute Gasteiger partial charge is 0.268 e. The largest absolute Gasteiger partial charge is 0.348 e. The van der Waals surface area contributed by atoms with Crippen molar-refractivity contribution < 1.29 is 22.0 Å². The van der Waals surface area contributed by atoms with E-state index in [0.29, 0.717) is 5.92 Å². The molecular weight excluding hydrogens is 304 g/mol. The molecule has 0 spiro atoms. The Kier molecular flexibility index (Phi) is 4.33. The first-order valence-corrected chi connectivity index (χ1v) is 8.09. The zero-order valence-corrected chi connectivity index (χ0v) is 12.2. The van der Waals surface area contributed by atoms with E-state index >= 15 is 0 Å². The topological polar surface area (TPSA) is 94.2 Å². The van der Waals surface area contributed by atoms with Gasteiger partial charge in [-0.05, 0) is 18.4 Å². The van der Waals surface area contributed by atoms with Gasteiger partial charge < -0.3 is 9.88 Å². The fourth-order valence-corrected chi connectivity index (χ4v) is 2.80. The first-order valence-electron chi connectivity index (χ1n) is 6.54. The van der Waals surface area contributed by atoms with Crippen LogP contribution in [0.4, 0.5) is 8.78 Å². The lowest BCUT2D eigenvalue weighted by Gasteiger charge is -2.08. The van der Waals surface area contributed by atoms with E-state index in [9.17, 15) is 22.0 Å². The Morgan fingerprint density at radius 3 is 2.71 bits per heavy atom. The number of carbonyl (C=O) groups is 1. The van der Waals surface area contributed by atoms with E-state index in [1.807, 2.05) is 6.92 Å². The lowest BCUT2D eigenvalue weighted by molar-refractivity contribution is 0.0926. The molecule has 0 saturated heterocycles. The molecule has 1 aliphatic carbocycles. The minimum atomic E-state index is -4.05. The fourth-order valence-electron chi connectivity index (χ4n) is 2.25. The third kappa shape index (κ3) is 3.79. The molecule has 2 atom stereocenters. The second-order valence-corrected chi connectivity index (χ2v) is 6.69. The van der Waals surface area contributed by atoms with Gasteiger partial charge in [-0.25, -0.2) is 22.3 Å². The Labute approximate surface area is 121 Å². The SMILES string of the molecule is CCC1CC1NC(=O)c1cc(S(N)(=O)=O)cn1CC(F)F. The van der Waals surface area contributed by atoms with Crippen LogP contribution in [0.25, 0.3) is 0 Å². The summed E-state index contributed by atoms with van der Waals surface area (Å²) in [5, 5.41) is 7.68. The third-order valence-electron chi connectivity index (χ3n) is 3.53. The standard InChI is InChI=1S/C12H17F2N3O3S/c1-2-7-3-9(7)16-12(18)10-4-8(21(15,19)20)5-17(10)6-11(13)14/h4-5,7,9,11H,2-3,6H2,1H3,(H,16,18)(H2,15,19,20). The van der Waals surface area contributed by atoms with E-state index in [1.165, 1.54) is 0 Å². The molecule has 6 nitrogen and oxygen atoms in total. The Bertz CT molecular complexity index is 642. The van der Waals surface area contributed by atoms with E-state index in [0.717, 1.165) is 29.7 Å². The summed E-state index contributed by atoms with van der Waals surface area (Å²) in [5.74, 6) is -0.170. The maximum absolute atomic E-state index is 12.5. The number of nitrogens with one attached hydrogen (secondary N) is 1. The molecule has 1 amide bonds. The minimum absolute atomic E-state index is 0.0235. The summed E-state index contributed by atoms with van der Waals surface area (Å²) in [4.78, 5) is 11.7. The van der Waals surface area contributed by atoms with Crippen LogP contribution in [0.3, 0.4) is 0 Å². The van der Waals surface area contributed by atoms with Crippen LogP contribution >= 0.6 is 0 Å². The average molecular weight is 321 g/mol. The predicted molar refractivity (Wildman–Crippen MR) is 71.5 cm³/mol. The molecule has 1 aromatic rings. The van der Waals surface area contributed by atoms with Gasteiger partial charge in [-0.2, -0.15) is 0 Å². The first-order chi connectivity index (χ1) is 9.72. The minimum Gasteiger partial charge on any atom is -0.348 e. The summed E-state index contributed by atoms with van der Waals surface area (Å²) in [6, 6.07) is 1.05. The Balaban J connectivity index is 2.23. The van der Waals surface area contributed by atoms with Crippen LogP contribution < -0.4 is 10.5 Å². The number of amides is 1. The van der Waals surface area contributed by atoms with Gasteiger partial charge in [0, 0.05) is 12.2 Å². The maximum atomic E-state index is 12.5. The van der Waals surface area contributed by atoms with Crippen LogP contribution in [0.15, 0.2) is 17.2 Å². The quantitative estimate of drug-likeness (QED) is 0.816. The number of aromatic nitrogens is 1. The Morgan fingerprint density at radius 2 is 2.24 bits per heavy atom. The Hall–Kier alpha value is -1.48. The molecule has 118 valence electrons. The summed E-state index contributed by atoms with van der Waals surface area (Å²) in [6.07, 6.45) is 0.0212. The number of rotatable bonds is 6. The zero-order valence-electron chi connectivity index (χ0n) is 11.4. The second-order valence-electron chi connectivity index (χ2n) is 5.13. The molecule has 1 aliphatic rings. The summed E-state index contributed by atoms with van der Waals surface area (Å²) in [7, 11) is -4.05. The number of nitrogens with zero attached hydrogens (tertiary/aromatic N) is 1. The molecule has 0 aromatic carbocycles. The van der Waals surface area contributed by atoms with Crippen LogP contribution in [0.5, 0.6) is 0 Å². The van der Waals surface area contributed by atoms with Crippen LogP contribution in [0, 0.1) is 5.92 Å². The van der Waals surface area contributed by atoms with Crippen molar-refractivity contribution in [3.05, 3.63) is 18.0 Å². The number of halogens is 2. The summed E-state index contributed by atoms with van der Waals surface area (Å²) >= 11 is 0. The van der Waals surface area contributed by atoms with E-state index in [1.54, 1.807) is 0 Å². The van der Waals surface area contributed by atoms with Crippen molar-refractivity contribution in [3.8, 4) is 0 Å². The molecule has 21 heavy (non-hydrogen) atoms. The molecule has 9 heteroatoms. The van der Waals surface area contributed by atoms with Crippen molar-refractivity contribution in [1.29, 1.82) is 0 Å². The lowest BCUT2D eigenvalue weighted by atomic mass is 10.3. The molecule has 0 radical (unpaired) electrons. The van der Waals surface area contributed by atoms with Crippen molar-refractivity contribution >= 4 is 15.9 Å². The second kappa shape index (κ2) is 5.72. The van der Waals surface area contributed by atoms with E-state index in [2.05, 4.69) is 5.32 Å². The number of hydrogen-bond donors (Lipinski definition) is 2. The predicted octanol–water partition coefficient (Wildman–Crippen LogP) is 0.929. The molecule has 1 saturated carbocycles. The summed E-state index contributed by atoms with van der Waals surface area (Å²) in [6.45, 7) is 1.23. The highest BCUT2D eigenvalue weighted by Crippen LogP contribution is 2.33. The number of alkyl halides is 2. The van der Waals surface area contributed by atoms with Crippen LogP contribution in [-0.2, 0) is 16.6 Å². The van der Waals surface area contributed by atoms with E-state index in [-0.39, 0.29) is 16.6 Å². The summed E-state index contributed by atoms with van der Waals surface area (Å²) < 4.78 is 48.5. The van der Waals surface area contributed by atoms with Gasteiger partial charge in [0.15, 0.2) is 0 Å². The van der Waals surface area contributed by atoms with Gasteiger partial charge in [0.25, 0.3) is 12.3 Å². The third-order valence-corrected chi connectivity index (χ3v) is 4.41. The fraction of sp³-hybridized carbons (Fsp3) is 0.583. The van der Waals surface area contributed by atoms with Gasteiger partial charge in [-0.1, -0.05) is 13.3 Å². The molecule has 1 heterocycles. The maximum Gasteiger partial charge on any atom is 0.268 e. The van der Waals surface area contributed by atoms with Crippen molar-refractivity contribution in [2.24, 2.45) is 11.1 Å². The molecule has 0 bridgehead atoms. The van der Waals surface area contributed by atoms with Gasteiger partial charge in [-0.3, -0.25) is 4.79 Å². The zero-order chi connectivity index (χ0) is 15.8. The van der Waals surface area contributed by atoms with Crippen LogP contribution in [0.1, 0.15) is 30.3 Å². The number of sulfonamides is 1. The van der Waals surface area contributed by atoms with Crippen LogP contribution in [0.2, 0.25) is 0 Å². The molecule has 0 aliphatic heterocycles. The molecule has 1 aromatic heterocycles. The monoisotopic (exact) mass is 321 g/mol. The molecule has 2 rings (SSSR count). The van der Waals surface area contributed by atoms with E-state index < -0.39 is 28.9 Å². The van der Waals surface area contributed by atoms with E-state index in [4.69, 9.17) is 5.14 Å². The van der Waals surface area contributed by atoms with Gasteiger partial charge >= 0.3 is 0 Å². The van der Waals surface area contributed by atoms with Gasteiger partial charge in [-0.15, -0.1) is 0 Å². The van der Waals surface area contributed by atoms with Crippen molar-refractivity contribution in [3.63, 3.8) is 0 Å². The highest BCUT2D eigenvalue weighted by molar-refractivity contribution is 7.89. The molecule has 2 unspecified atom stereocenters. The lowest BCUT2D eigenvalue weighted by Crippen LogP contribution is -2.29. The number of nitrogens with two attached hydrogens (primary N) is 1. The highest BCUT2D eigenvalue weighted by Gasteiger charge is 2.37. The van der Waals surface area contributed by atoms with Crippen molar-refractivity contribution in [1.82, 2.24) is 9.88 Å². The molecular formula is C12H17F2N3O3S. The van der Waals surface area contributed by atoms with Crippen molar-refractivity contribution in [2.45, 2.75) is 43.7 Å². The number of hydrogen-bond acceptors (Lipinski definition) is 3. The molecule has 1 fully saturated rings. The molecule has 3 N–H and O–H groups in total. The highest BCUT2D eigenvalue weighted by atomic mass is 32.2. The summed E-state index contributed by atoms with van der Waals surface area (Å²) in [5.41, 5.74) is -0.124. The van der Waals surface area contributed by atoms with Gasteiger partial charge in [0.2, 0.25) is 10.0 Å². The van der Waals surface area contributed by atoms with Gasteiger partial charge in [0.1, 0.15) is 10.6 Å². The van der Waals surface area contributed by atoms with Crippen molar-refractivity contribution in [2.75, 3.05) is 0 Å². The normalized spacial score (nSPS) is 21.6. The number of carbonyl (C=O) groups excluding carboxylic acids is 1.